The summed E-state index contributed by atoms with van der Waals surface area (Å²) in [6, 6.07) is 5.46. The minimum atomic E-state index is -0.963. The van der Waals surface area contributed by atoms with Crippen LogP contribution in [0.3, 0.4) is 0 Å². The first-order valence-electron chi connectivity index (χ1n) is 7.08. The van der Waals surface area contributed by atoms with Gasteiger partial charge in [-0.05, 0) is 33.3 Å². The Kier molecular flexibility index (Phi) is 6.03. The van der Waals surface area contributed by atoms with E-state index in [2.05, 4.69) is 26.1 Å². The Labute approximate surface area is 126 Å². The van der Waals surface area contributed by atoms with Crippen LogP contribution in [0.5, 0.6) is 11.5 Å². The highest BCUT2D eigenvalue weighted by atomic mass is 16.5. The number of nitrogens with one attached hydrogen (secondary N) is 1. The number of methoxy groups -OCH3 is 1. The monoisotopic (exact) mass is 295 g/mol. The Hall–Kier alpha value is -1.75. The number of hydrogen-bond acceptors (Lipinski definition) is 4. The molecule has 0 aliphatic heterocycles. The quantitative estimate of drug-likeness (QED) is 0.809. The summed E-state index contributed by atoms with van der Waals surface area (Å²) in [6.07, 6.45) is -0.455. The predicted octanol–water partition coefficient (Wildman–Crippen LogP) is 2.83. The zero-order valence-electron chi connectivity index (χ0n) is 13.4. The fourth-order valence-electron chi connectivity index (χ4n) is 1.74. The lowest BCUT2D eigenvalue weighted by Gasteiger charge is -2.23. The molecule has 1 aromatic carbocycles. The van der Waals surface area contributed by atoms with E-state index in [1.165, 1.54) is 0 Å². The van der Waals surface area contributed by atoms with Crippen LogP contribution >= 0.6 is 0 Å². The molecule has 5 heteroatoms. The largest absolute Gasteiger partial charge is 0.497 e. The van der Waals surface area contributed by atoms with Gasteiger partial charge in [-0.2, -0.15) is 0 Å². The van der Waals surface area contributed by atoms with E-state index < -0.39 is 12.1 Å². The van der Waals surface area contributed by atoms with Gasteiger partial charge in [-0.1, -0.05) is 13.0 Å². The molecule has 1 aromatic rings. The summed E-state index contributed by atoms with van der Waals surface area (Å²) in [5.74, 6) is 0.222. The van der Waals surface area contributed by atoms with Crippen LogP contribution in [0, 0.1) is 0 Å². The van der Waals surface area contributed by atoms with Gasteiger partial charge in [-0.15, -0.1) is 0 Å². The molecule has 0 heterocycles. The third-order valence-electron chi connectivity index (χ3n) is 3.00. The number of carboxylic acids is 1. The fraction of sp³-hybridized carbons (Fsp3) is 0.562. The molecule has 118 valence electrons. The predicted molar refractivity (Wildman–Crippen MR) is 81.9 cm³/mol. The van der Waals surface area contributed by atoms with Gasteiger partial charge in [0.1, 0.15) is 11.5 Å². The third-order valence-corrected chi connectivity index (χ3v) is 3.00. The first kappa shape index (κ1) is 17.3. The molecule has 0 spiro atoms. The number of carboxylic acid groups (broad SMARTS) is 1. The Balaban J connectivity index is 2.98. The van der Waals surface area contributed by atoms with Crippen LogP contribution in [-0.4, -0.2) is 29.8 Å². The van der Waals surface area contributed by atoms with E-state index in [0.29, 0.717) is 24.5 Å². The maximum Gasteiger partial charge on any atom is 0.344 e. The highest BCUT2D eigenvalue weighted by molar-refractivity contribution is 5.72. The molecular weight excluding hydrogens is 270 g/mol. The van der Waals surface area contributed by atoms with Crippen molar-refractivity contribution in [3.63, 3.8) is 0 Å². The lowest BCUT2D eigenvalue weighted by atomic mass is 10.1. The summed E-state index contributed by atoms with van der Waals surface area (Å²) in [5, 5.41) is 12.5. The minimum absolute atomic E-state index is 0.0336. The van der Waals surface area contributed by atoms with Crippen molar-refractivity contribution >= 4 is 5.97 Å². The van der Waals surface area contributed by atoms with Gasteiger partial charge in [0.05, 0.1) is 7.11 Å². The molecule has 5 nitrogen and oxygen atoms in total. The Bertz CT molecular complexity index is 480. The molecule has 0 bridgehead atoms. The van der Waals surface area contributed by atoms with Crippen molar-refractivity contribution in [2.24, 2.45) is 0 Å². The van der Waals surface area contributed by atoms with E-state index in [9.17, 15) is 4.79 Å². The highest BCUT2D eigenvalue weighted by Crippen LogP contribution is 2.26. The fourth-order valence-corrected chi connectivity index (χ4v) is 1.74. The number of carbonyl (C=O) groups is 1. The second-order valence-electron chi connectivity index (χ2n) is 5.93. The van der Waals surface area contributed by atoms with Crippen molar-refractivity contribution in [3.05, 3.63) is 23.8 Å². The lowest BCUT2D eigenvalue weighted by molar-refractivity contribution is -0.145. The van der Waals surface area contributed by atoms with Crippen LogP contribution in [0.4, 0.5) is 0 Å². The first-order valence-corrected chi connectivity index (χ1v) is 7.08. The zero-order chi connectivity index (χ0) is 16.0. The highest BCUT2D eigenvalue weighted by Gasteiger charge is 2.19. The van der Waals surface area contributed by atoms with Gasteiger partial charge in [-0.3, -0.25) is 0 Å². The molecule has 0 saturated heterocycles. The molecule has 0 saturated carbocycles. The maximum atomic E-state index is 11.1. The molecule has 1 unspecified atom stereocenters. The summed E-state index contributed by atoms with van der Waals surface area (Å²) in [6.45, 7) is 8.60. The summed E-state index contributed by atoms with van der Waals surface area (Å²) < 4.78 is 10.8. The molecule has 0 aromatic heterocycles. The molecule has 1 rings (SSSR count). The van der Waals surface area contributed by atoms with Crippen LogP contribution < -0.4 is 14.8 Å². The number of rotatable bonds is 7. The summed E-state index contributed by atoms with van der Waals surface area (Å²) >= 11 is 0. The third kappa shape index (κ3) is 5.63. The van der Waals surface area contributed by atoms with Crippen molar-refractivity contribution in [1.82, 2.24) is 5.32 Å². The standard InChI is InChI=1S/C16H25NO4/c1-6-13(15(18)19)21-14-9-12(20-5)8-7-11(14)10-17-16(2,3)4/h7-9,13,17H,6,10H2,1-5H3,(H,18,19). The molecule has 0 aliphatic rings. The van der Waals surface area contributed by atoms with Crippen molar-refractivity contribution in [2.75, 3.05) is 7.11 Å². The molecule has 0 fully saturated rings. The van der Waals surface area contributed by atoms with Gasteiger partial charge >= 0.3 is 5.97 Å². The van der Waals surface area contributed by atoms with Gasteiger partial charge in [0, 0.05) is 23.7 Å². The van der Waals surface area contributed by atoms with Crippen LogP contribution in [0.1, 0.15) is 39.7 Å². The summed E-state index contributed by atoms with van der Waals surface area (Å²) in [4.78, 5) is 11.1. The van der Waals surface area contributed by atoms with Crippen LogP contribution in [0.2, 0.25) is 0 Å². The average Bonchev–Trinajstić information content (AvgIpc) is 2.41. The van der Waals surface area contributed by atoms with E-state index in [1.807, 2.05) is 12.1 Å². The SMILES string of the molecule is CCC(Oc1cc(OC)ccc1CNC(C)(C)C)C(=O)O. The number of ether oxygens (including phenoxy) is 2. The van der Waals surface area contributed by atoms with Crippen LogP contribution in [0.15, 0.2) is 18.2 Å². The van der Waals surface area contributed by atoms with Crippen molar-refractivity contribution < 1.29 is 19.4 Å². The van der Waals surface area contributed by atoms with Gasteiger partial charge < -0.3 is 19.9 Å². The van der Waals surface area contributed by atoms with E-state index in [1.54, 1.807) is 20.1 Å². The van der Waals surface area contributed by atoms with Crippen LogP contribution in [0.25, 0.3) is 0 Å². The van der Waals surface area contributed by atoms with Crippen molar-refractivity contribution in [2.45, 2.75) is 52.3 Å². The van der Waals surface area contributed by atoms with E-state index in [0.717, 1.165) is 5.56 Å². The molecule has 2 N–H and O–H groups in total. The zero-order valence-corrected chi connectivity index (χ0v) is 13.4. The summed E-state index contributed by atoms with van der Waals surface area (Å²) in [5.41, 5.74) is 0.874. The second kappa shape index (κ2) is 7.31. The average molecular weight is 295 g/mol. The van der Waals surface area contributed by atoms with Crippen molar-refractivity contribution in [1.29, 1.82) is 0 Å². The first-order chi connectivity index (χ1) is 9.76. The number of benzene rings is 1. The summed E-state index contributed by atoms with van der Waals surface area (Å²) in [7, 11) is 1.57. The Morgan fingerprint density at radius 2 is 2.05 bits per heavy atom. The van der Waals surface area contributed by atoms with E-state index in [-0.39, 0.29) is 5.54 Å². The molecule has 0 aliphatic carbocycles. The minimum Gasteiger partial charge on any atom is -0.497 e. The normalized spacial score (nSPS) is 12.8. The lowest BCUT2D eigenvalue weighted by Crippen LogP contribution is -2.35. The van der Waals surface area contributed by atoms with E-state index >= 15 is 0 Å². The maximum absolute atomic E-state index is 11.1. The topological polar surface area (TPSA) is 67.8 Å². The second-order valence-corrected chi connectivity index (χ2v) is 5.93. The van der Waals surface area contributed by atoms with Gasteiger partial charge in [0.15, 0.2) is 6.10 Å². The van der Waals surface area contributed by atoms with Crippen LogP contribution in [-0.2, 0) is 11.3 Å². The Morgan fingerprint density at radius 1 is 1.38 bits per heavy atom. The van der Waals surface area contributed by atoms with E-state index in [4.69, 9.17) is 14.6 Å². The molecule has 1 atom stereocenters. The molecule has 0 amide bonds. The van der Waals surface area contributed by atoms with Gasteiger partial charge in [-0.25, -0.2) is 4.79 Å². The molecular formula is C16H25NO4. The number of aliphatic carboxylic acids is 1. The van der Waals surface area contributed by atoms with Crippen molar-refractivity contribution in [3.8, 4) is 11.5 Å². The smallest absolute Gasteiger partial charge is 0.344 e. The Morgan fingerprint density at radius 3 is 2.52 bits per heavy atom. The molecule has 21 heavy (non-hydrogen) atoms. The van der Waals surface area contributed by atoms with Gasteiger partial charge in [0.2, 0.25) is 0 Å². The molecule has 0 radical (unpaired) electrons. The number of hydrogen-bond donors (Lipinski definition) is 2. The van der Waals surface area contributed by atoms with Gasteiger partial charge in [0.25, 0.3) is 0 Å².